The number of methoxy groups -OCH3 is 1. The van der Waals surface area contributed by atoms with Crippen LogP contribution in [0.1, 0.15) is 26.3 Å². The Morgan fingerprint density at radius 2 is 2.16 bits per heavy atom. The standard InChI is InChI=1S/C14H24N2O3/c1-11(2)19-13-7-12(8-16-9-13)14(3,17)10-15-5-6-18-4/h7-9,11,15,17H,5-6,10H2,1-4H3. The van der Waals surface area contributed by atoms with Crippen LogP contribution in [0.4, 0.5) is 0 Å². The van der Waals surface area contributed by atoms with Gasteiger partial charge in [0.1, 0.15) is 11.4 Å². The number of aliphatic hydroxyl groups is 1. The summed E-state index contributed by atoms with van der Waals surface area (Å²) < 4.78 is 10.5. The minimum Gasteiger partial charge on any atom is -0.489 e. The highest BCUT2D eigenvalue weighted by atomic mass is 16.5. The normalized spacial score (nSPS) is 14.4. The molecular weight excluding hydrogens is 244 g/mol. The van der Waals surface area contributed by atoms with Crippen molar-refractivity contribution in [2.24, 2.45) is 0 Å². The smallest absolute Gasteiger partial charge is 0.138 e. The summed E-state index contributed by atoms with van der Waals surface area (Å²) in [5.74, 6) is 0.671. The Morgan fingerprint density at radius 1 is 1.42 bits per heavy atom. The molecule has 0 aliphatic carbocycles. The molecule has 1 unspecified atom stereocenters. The molecule has 19 heavy (non-hydrogen) atoms. The van der Waals surface area contributed by atoms with Gasteiger partial charge < -0.3 is 19.9 Å². The number of aromatic nitrogens is 1. The first-order chi connectivity index (χ1) is 8.95. The van der Waals surface area contributed by atoms with Crippen molar-refractivity contribution < 1.29 is 14.6 Å². The topological polar surface area (TPSA) is 63.6 Å². The Kier molecular flexibility index (Phi) is 6.21. The van der Waals surface area contributed by atoms with Crippen molar-refractivity contribution in [2.45, 2.75) is 32.5 Å². The van der Waals surface area contributed by atoms with E-state index in [1.165, 1.54) is 0 Å². The minimum absolute atomic E-state index is 0.0850. The third-order valence-corrected chi connectivity index (χ3v) is 2.66. The number of nitrogens with one attached hydrogen (secondary N) is 1. The van der Waals surface area contributed by atoms with E-state index in [0.29, 0.717) is 25.4 Å². The van der Waals surface area contributed by atoms with E-state index in [-0.39, 0.29) is 6.10 Å². The van der Waals surface area contributed by atoms with E-state index < -0.39 is 5.60 Å². The molecule has 0 aliphatic heterocycles. The third-order valence-electron chi connectivity index (χ3n) is 2.66. The van der Waals surface area contributed by atoms with Crippen molar-refractivity contribution in [1.29, 1.82) is 0 Å². The van der Waals surface area contributed by atoms with Crippen molar-refractivity contribution in [3.05, 3.63) is 24.0 Å². The summed E-state index contributed by atoms with van der Waals surface area (Å²) in [4.78, 5) is 4.11. The van der Waals surface area contributed by atoms with Crippen LogP contribution in [0.25, 0.3) is 0 Å². The van der Waals surface area contributed by atoms with E-state index in [2.05, 4.69) is 10.3 Å². The molecule has 0 radical (unpaired) electrons. The summed E-state index contributed by atoms with van der Waals surface area (Å²) in [7, 11) is 1.65. The molecule has 0 amide bonds. The fourth-order valence-electron chi connectivity index (χ4n) is 1.66. The second-order valence-corrected chi connectivity index (χ2v) is 5.02. The highest BCUT2D eigenvalue weighted by Gasteiger charge is 2.23. The van der Waals surface area contributed by atoms with Gasteiger partial charge in [0.05, 0.1) is 18.9 Å². The Labute approximate surface area is 115 Å². The van der Waals surface area contributed by atoms with Crippen molar-refractivity contribution in [2.75, 3.05) is 26.8 Å². The second-order valence-electron chi connectivity index (χ2n) is 5.02. The summed E-state index contributed by atoms with van der Waals surface area (Å²) in [6, 6.07) is 1.82. The quantitative estimate of drug-likeness (QED) is 0.696. The maximum absolute atomic E-state index is 10.4. The van der Waals surface area contributed by atoms with Crippen LogP contribution in [0, 0.1) is 0 Å². The van der Waals surface area contributed by atoms with Crippen LogP contribution in [-0.2, 0) is 10.3 Å². The van der Waals surface area contributed by atoms with Gasteiger partial charge in [-0.15, -0.1) is 0 Å². The molecule has 1 heterocycles. The Balaban J connectivity index is 2.65. The van der Waals surface area contributed by atoms with Crippen molar-refractivity contribution >= 4 is 0 Å². The largest absolute Gasteiger partial charge is 0.489 e. The second kappa shape index (κ2) is 7.43. The molecule has 0 spiro atoms. The highest BCUT2D eigenvalue weighted by molar-refractivity contribution is 5.28. The van der Waals surface area contributed by atoms with Gasteiger partial charge >= 0.3 is 0 Å². The molecule has 5 nitrogen and oxygen atoms in total. The Bertz CT molecular complexity index is 381. The van der Waals surface area contributed by atoms with Gasteiger partial charge in [-0.05, 0) is 26.8 Å². The first-order valence-electron chi connectivity index (χ1n) is 6.50. The van der Waals surface area contributed by atoms with Crippen LogP contribution < -0.4 is 10.1 Å². The molecular formula is C14H24N2O3. The zero-order chi connectivity index (χ0) is 14.3. The van der Waals surface area contributed by atoms with Gasteiger partial charge in [0.25, 0.3) is 0 Å². The maximum atomic E-state index is 10.4. The van der Waals surface area contributed by atoms with Crippen LogP contribution in [0.3, 0.4) is 0 Å². The molecule has 1 rings (SSSR count). The van der Waals surface area contributed by atoms with Crippen molar-refractivity contribution in [1.82, 2.24) is 10.3 Å². The summed E-state index contributed by atoms with van der Waals surface area (Å²) in [5, 5.41) is 13.6. The number of ether oxygens (including phenoxy) is 2. The van der Waals surface area contributed by atoms with Crippen molar-refractivity contribution in [3.63, 3.8) is 0 Å². The number of nitrogens with zero attached hydrogens (tertiary/aromatic N) is 1. The molecule has 108 valence electrons. The highest BCUT2D eigenvalue weighted by Crippen LogP contribution is 2.23. The first-order valence-corrected chi connectivity index (χ1v) is 6.50. The lowest BCUT2D eigenvalue weighted by Gasteiger charge is -2.24. The van der Waals surface area contributed by atoms with Crippen LogP contribution in [0.15, 0.2) is 18.5 Å². The predicted molar refractivity (Wildman–Crippen MR) is 74.3 cm³/mol. The zero-order valence-corrected chi connectivity index (χ0v) is 12.1. The molecule has 2 N–H and O–H groups in total. The van der Waals surface area contributed by atoms with Crippen LogP contribution in [-0.4, -0.2) is 43.0 Å². The molecule has 0 bridgehead atoms. The summed E-state index contributed by atoms with van der Waals surface area (Å²) in [5.41, 5.74) is -0.257. The SMILES string of the molecule is COCCNCC(C)(O)c1cncc(OC(C)C)c1. The van der Waals surface area contributed by atoms with Gasteiger partial charge in [0, 0.05) is 32.0 Å². The third kappa shape index (κ3) is 5.55. The monoisotopic (exact) mass is 268 g/mol. The molecule has 0 saturated carbocycles. The van der Waals surface area contributed by atoms with E-state index in [9.17, 15) is 5.11 Å². The van der Waals surface area contributed by atoms with Crippen LogP contribution in [0.5, 0.6) is 5.75 Å². The lowest BCUT2D eigenvalue weighted by atomic mass is 9.97. The Hall–Kier alpha value is -1.17. The van der Waals surface area contributed by atoms with Crippen molar-refractivity contribution in [3.8, 4) is 5.75 Å². The van der Waals surface area contributed by atoms with E-state index in [4.69, 9.17) is 9.47 Å². The molecule has 0 fully saturated rings. The van der Waals surface area contributed by atoms with Crippen LogP contribution in [0.2, 0.25) is 0 Å². The molecule has 0 aliphatic rings. The van der Waals surface area contributed by atoms with E-state index in [0.717, 1.165) is 5.56 Å². The molecule has 5 heteroatoms. The average Bonchev–Trinajstić information content (AvgIpc) is 2.34. The van der Waals surface area contributed by atoms with Gasteiger partial charge in [0.2, 0.25) is 0 Å². The molecule has 1 aromatic heterocycles. The Morgan fingerprint density at radius 3 is 2.79 bits per heavy atom. The lowest BCUT2D eigenvalue weighted by molar-refractivity contribution is 0.0542. The predicted octanol–water partition coefficient (Wildman–Crippen LogP) is 1.31. The minimum atomic E-state index is -0.989. The summed E-state index contributed by atoms with van der Waals surface area (Å²) >= 11 is 0. The molecule has 1 aromatic rings. The number of pyridine rings is 1. The number of hydrogen-bond acceptors (Lipinski definition) is 5. The fraction of sp³-hybridized carbons (Fsp3) is 0.643. The van der Waals surface area contributed by atoms with E-state index >= 15 is 0 Å². The molecule has 0 saturated heterocycles. The average molecular weight is 268 g/mol. The summed E-state index contributed by atoms with van der Waals surface area (Å²) in [6.07, 6.45) is 3.39. The van der Waals surface area contributed by atoms with E-state index in [1.807, 2.05) is 19.9 Å². The van der Waals surface area contributed by atoms with Gasteiger partial charge in [-0.1, -0.05) is 0 Å². The van der Waals surface area contributed by atoms with Gasteiger partial charge in [-0.25, -0.2) is 0 Å². The lowest BCUT2D eigenvalue weighted by Crippen LogP contribution is -2.37. The summed E-state index contributed by atoms with van der Waals surface area (Å²) in [6.45, 7) is 7.41. The maximum Gasteiger partial charge on any atom is 0.138 e. The number of rotatable bonds is 8. The zero-order valence-electron chi connectivity index (χ0n) is 12.1. The number of hydrogen-bond donors (Lipinski definition) is 2. The first kappa shape index (κ1) is 15.9. The van der Waals surface area contributed by atoms with Crippen LogP contribution >= 0.6 is 0 Å². The van der Waals surface area contributed by atoms with E-state index in [1.54, 1.807) is 26.4 Å². The van der Waals surface area contributed by atoms with Gasteiger partial charge in [0.15, 0.2) is 0 Å². The molecule has 1 atom stereocenters. The van der Waals surface area contributed by atoms with Gasteiger partial charge in [-0.3, -0.25) is 4.98 Å². The van der Waals surface area contributed by atoms with Gasteiger partial charge in [-0.2, -0.15) is 0 Å². The molecule has 0 aromatic carbocycles. The fourth-order valence-corrected chi connectivity index (χ4v) is 1.66.